The van der Waals surface area contributed by atoms with E-state index in [0.717, 1.165) is 11.1 Å². The van der Waals surface area contributed by atoms with E-state index in [1.807, 2.05) is 54.9 Å². The molecule has 0 atom stereocenters. The molecule has 0 heterocycles. The highest BCUT2D eigenvalue weighted by Gasteiger charge is 2.10. The summed E-state index contributed by atoms with van der Waals surface area (Å²) in [5.74, 6) is -0.614. The number of benzene rings is 2. The molecule has 5 heteroatoms. The second-order valence-electron chi connectivity index (χ2n) is 4.58. The maximum Gasteiger partial charge on any atom is 0.289 e. The van der Waals surface area contributed by atoms with Gasteiger partial charge in [0.25, 0.3) is 5.91 Å². The van der Waals surface area contributed by atoms with Crippen molar-refractivity contribution < 1.29 is 10.0 Å². The lowest BCUT2D eigenvalue weighted by atomic mass is 10.2. The van der Waals surface area contributed by atoms with Gasteiger partial charge in [0.05, 0.1) is 5.69 Å². The van der Waals surface area contributed by atoms with Crippen LogP contribution in [0.3, 0.4) is 0 Å². The van der Waals surface area contributed by atoms with E-state index >= 15 is 0 Å². The van der Waals surface area contributed by atoms with Crippen LogP contribution in [-0.2, 0) is 11.3 Å². The van der Waals surface area contributed by atoms with Gasteiger partial charge in [-0.2, -0.15) is 0 Å². The van der Waals surface area contributed by atoms with E-state index in [-0.39, 0.29) is 5.84 Å². The Morgan fingerprint density at radius 1 is 1.10 bits per heavy atom. The Hall–Kier alpha value is -2.66. The number of carbonyl (C=O) groups excluding carboxylic acids is 1. The quantitative estimate of drug-likeness (QED) is 0.460. The monoisotopic (exact) mass is 283 g/mol. The minimum absolute atomic E-state index is 0.144. The molecule has 0 aromatic heterocycles. The number of hydroxylamine groups is 1. The molecule has 2 rings (SSSR count). The summed E-state index contributed by atoms with van der Waals surface area (Å²) in [6.07, 6.45) is 0. The van der Waals surface area contributed by atoms with E-state index in [4.69, 9.17) is 5.21 Å². The standard InChI is InChI=1S/C16H17N3O2/c1-12-7-9-14(10-8-12)18-15(19-21)16(20)17-11-13-5-3-2-4-6-13/h2-10,21H,11H2,1H3,(H,17,20)(H,18,19). The van der Waals surface area contributed by atoms with Crippen LogP contribution in [0.1, 0.15) is 11.1 Å². The molecule has 0 aliphatic rings. The molecule has 2 aromatic rings. The van der Waals surface area contributed by atoms with E-state index in [0.29, 0.717) is 12.2 Å². The summed E-state index contributed by atoms with van der Waals surface area (Å²) >= 11 is 0. The van der Waals surface area contributed by atoms with Crippen molar-refractivity contribution >= 4 is 17.4 Å². The first-order valence-corrected chi connectivity index (χ1v) is 6.56. The normalized spacial score (nSPS) is 11.0. The summed E-state index contributed by atoms with van der Waals surface area (Å²) < 4.78 is 0. The van der Waals surface area contributed by atoms with Gasteiger partial charge < -0.3 is 5.32 Å². The van der Waals surface area contributed by atoms with E-state index in [1.54, 1.807) is 12.1 Å². The van der Waals surface area contributed by atoms with Gasteiger partial charge in [-0.05, 0) is 24.6 Å². The Kier molecular flexibility index (Phi) is 5.06. The number of hydrogen-bond donors (Lipinski definition) is 3. The Bertz CT molecular complexity index is 622. The van der Waals surface area contributed by atoms with Crippen LogP contribution in [-0.4, -0.2) is 17.0 Å². The van der Waals surface area contributed by atoms with Crippen molar-refractivity contribution in [2.75, 3.05) is 0 Å². The molecule has 0 aliphatic carbocycles. The zero-order valence-corrected chi connectivity index (χ0v) is 11.7. The van der Waals surface area contributed by atoms with Crippen molar-refractivity contribution in [3.63, 3.8) is 0 Å². The second-order valence-corrected chi connectivity index (χ2v) is 4.58. The SMILES string of the molecule is Cc1ccc(N=C(NO)C(=O)NCc2ccccc2)cc1. The third-order valence-electron chi connectivity index (χ3n) is 2.89. The van der Waals surface area contributed by atoms with Crippen molar-refractivity contribution in [2.45, 2.75) is 13.5 Å². The number of amides is 1. The van der Waals surface area contributed by atoms with Crippen molar-refractivity contribution in [2.24, 2.45) is 4.99 Å². The van der Waals surface area contributed by atoms with Crippen LogP contribution >= 0.6 is 0 Å². The molecule has 108 valence electrons. The van der Waals surface area contributed by atoms with Gasteiger partial charge in [0.1, 0.15) is 0 Å². The molecule has 0 bridgehead atoms. The van der Waals surface area contributed by atoms with Gasteiger partial charge >= 0.3 is 0 Å². The molecule has 5 nitrogen and oxygen atoms in total. The van der Waals surface area contributed by atoms with Crippen LogP contribution in [0, 0.1) is 6.92 Å². The number of nitrogens with zero attached hydrogens (tertiary/aromatic N) is 1. The molecule has 2 aromatic carbocycles. The maximum atomic E-state index is 12.0. The molecule has 0 aliphatic heterocycles. The summed E-state index contributed by atoms with van der Waals surface area (Å²) in [5, 5.41) is 11.8. The minimum Gasteiger partial charge on any atom is -0.345 e. The summed E-state index contributed by atoms with van der Waals surface area (Å²) in [7, 11) is 0. The largest absolute Gasteiger partial charge is 0.345 e. The lowest BCUT2D eigenvalue weighted by Crippen LogP contribution is -2.38. The Morgan fingerprint density at radius 2 is 1.76 bits per heavy atom. The first-order valence-electron chi connectivity index (χ1n) is 6.56. The molecule has 0 radical (unpaired) electrons. The van der Waals surface area contributed by atoms with E-state index in [1.165, 1.54) is 0 Å². The predicted molar refractivity (Wildman–Crippen MR) is 81.5 cm³/mol. The number of rotatable bonds is 3. The molecular formula is C16H17N3O2. The molecule has 1 amide bonds. The molecule has 0 fully saturated rings. The third kappa shape index (κ3) is 4.43. The lowest BCUT2D eigenvalue weighted by molar-refractivity contribution is -0.115. The fraction of sp³-hybridized carbons (Fsp3) is 0.125. The summed E-state index contributed by atoms with van der Waals surface area (Å²) in [5.41, 5.74) is 4.50. The molecule has 0 saturated heterocycles. The molecule has 0 saturated carbocycles. The van der Waals surface area contributed by atoms with E-state index in [9.17, 15) is 4.79 Å². The number of aliphatic imine (C=N–C) groups is 1. The molecular weight excluding hydrogens is 266 g/mol. The predicted octanol–water partition coefficient (Wildman–Crippen LogP) is 2.32. The van der Waals surface area contributed by atoms with Gasteiger partial charge in [-0.3, -0.25) is 10.0 Å². The average Bonchev–Trinajstić information content (AvgIpc) is 2.53. The molecule has 21 heavy (non-hydrogen) atoms. The number of nitrogens with one attached hydrogen (secondary N) is 2. The molecule has 0 unspecified atom stereocenters. The minimum atomic E-state index is -0.470. The van der Waals surface area contributed by atoms with Gasteiger partial charge in [-0.1, -0.05) is 48.0 Å². The van der Waals surface area contributed by atoms with Crippen molar-refractivity contribution in [3.05, 3.63) is 65.7 Å². The highest BCUT2D eigenvalue weighted by molar-refractivity contribution is 6.37. The zero-order chi connectivity index (χ0) is 15.1. The van der Waals surface area contributed by atoms with Gasteiger partial charge in [0, 0.05) is 6.54 Å². The highest BCUT2D eigenvalue weighted by atomic mass is 16.5. The number of aryl methyl sites for hydroxylation is 1. The second kappa shape index (κ2) is 7.21. The lowest BCUT2D eigenvalue weighted by Gasteiger charge is -2.07. The van der Waals surface area contributed by atoms with Gasteiger partial charge in [0.15, 0.2) is 0 Å². The third-order valence-corrected chi connectivity index (χ3v) is 2.89. The van der Waals surface area contributed by atoms with E-state index < -0.39 is 5.91 Å². The van der Waals surface area contributed by atoms with Crippen LogP contribution in [0.5, 0.6) is 0 Å². The highest BCUT2D eigenvalue weighted by Crippen LogP contribution is 2.12. The van der Waals surface area contributed by atoms with Gasteiger partial charge in [0.2, 0.25) is 5.84 Å². The Morgan fingerprint density at radius 3 is 2.38 bits per heavy atom. The van der Waals surface area contributed by atoms with Crippen LogP contribution in [0.4, 0.5) is 5.69 Å². The zero-order valence-electron chi connectivity index (χ0n) is 11.7. The Labute approximate surface area is 123 Å². The van der Waals surface area contributed by atoms with Crippen molar-refractivity contribution in [1.82, 2.24) is 10.8 Å². The first kappa shape index (κ1) is 14.7. The van der Waals surface area contributed by atoms with E-state index in [2.05, 4.69) is 10.3 Å². The number of amidine groups is 1. The van der Waals surface area contributed by atoms with Gasteiger partial charge in [-0.25, -0.2) is 10.5 Å². The van der Waals surface area contributed by atoms with Gasteiger partial charge in [-0.15, -0.1) is 0 Å². The summed E-state index contributed by atoms with van der Waals surface area (Å²) in [6, 6.07) is 16.8. The summed E-state index contributed by atoms with van der Waals surface area (Å²) in [6.45, 7) is 2.33. The van der Waals surface area contributed by atoms with Crippen LogP contribution in [0.15, 0.2) is 59.6 Å². The van der Waals surface area contributed by atoms with Crippen LogP contribution in [0.2, 0.25) is 0 Å². The fourth-order valence-corrected chi connectivity index (χ4v) is 1.74. The molecule has 3 N–H and O–H groups in total. The number of hydrogen-bond acceptors (Lipinski definition) is 3. The Balaban J connectivity index is 2.03. The van der Waals surface area contributed by atoms with Crippen molar-refractivity contribution in [1.29, 1.82) is 0 Å². The van der Waals surface area contributed by atoms with Crippen LogP contribution < -0.4 is 10.8 Å². The fourth-order valence-electron chi connectivity index (χ4n) is 1.74. The molecule has 0 spiro atoms. The topological polar surface area (TPSA) is 73.7 Å². The average molecular weight is 283 g/mol. The van der Waals surface area contributed by atoms with Crippen LogP contribution in [0.25, 0.3) is 0 Å². The maximum absolute atomic E-state index is 12.0. The smallest absolute Gasteiger partial charge is 0.289 e. The summed E-state index contributed by atoms with van der Waals surface area (Å²) in [4.78, 5) is 16.0. The first-order chi connectivity index (χ1) is 10.2. The number of carbonyl (C=O) groups is 1. The van der Waals surface area contributed by atoms with Crippen molar-refractivity contribution in [3.8, 4) is 0 Å².